The van der Waals surface area contributed by atoms with Gasteiger partial charge in [0.1, 0.15) is 5.75 Å². The van der Waals surface area contributed by atoms with E-state index in [-0.39, 0.29) is 17.9 Å². The summed E-state index contributed by atoms with van der Waals surface area (Å²) < 4.78 is 6.33. The molecule has 6 heteroatoms. The molecule has 2 amide bonds. The van der Waals surface area contributed by atoms with Crippen LogP contribution in [-0.4, -0.2) is 54.9 Å². The van der Waals surface area contributed by atoms with Crippen molar-refractivity contribution in [3.8, 4) is 5.75 Å². The van der Waals surface area contributed by atoms with Crippen LogP contribution in [0.4, 0.5) is 0 Å². The lowest BCUT2D eigenvalue weighted by Crippen LogP contribution is -2.48. The molecular formula is C30H39ClN2O3. The monoisotopic (exact) mass is 510 g/mol. The van der Waals surface area contributed by atoms with Crippen molar-refractivity contribution in [3.05, 3.63) is 64.7 Å². The van der Waals surface area contributed by atoms with E-state index in [1.54, 1.807) is 26.2 Å². The zero-order valence-corrected chi connectivity index (χ0v) is 22.8. The molecular weight excluding hydrogens is 472 g/mol. The van der Waals surface area contributed by atoms with Crippen LogP contribution in [0.2, 0.25) is 5.02 Å². The van der Waals surface area contributed by atoms with Crippen LogP contribution in [0, 0.1) is 11.8 Å². The summed E-state index contributed by atoms with van der Waals surface area (Å²) in [7, 11) is 3.44. The van der Waals surface area contributed by atoms with Gasteiger partial charge in [0.25, 0.3) is 5.91 Å². The molecule has 36 heavy (non-hydrogen) atoms. The third kappa shape index (κ3) is 5.88. The van der Waals surface area contributed by atoms with Crippen molar-refractivity contribution in [1.29, 1.82) is 0 Å². The first-order chi connectivity index (χ1) is 17.2. The minimum absolute atomic E-state index is 0.110. The molecule has 0 spiro atoms. The van der Waals surface area contributed by atoms with Gasteiger partial charge in [-0.3, -0.25) is 9.59 Å². The van der Waals surface area contributed by atoms with E-state index in [1.807, 2.05) is 50.2 Å². The van der Waals surface area contributed by atoms with Gasteiger partial charge in [-0.1, -0.05) is 41.9 Å². The molecule has 2 aromatic carbocycles. The molecule has 194 valence electrons. The smallest absolute Gasteiger partial charge is 0.254 e. The van der Waals surface area contributed by atoms with E-state index in [1.165, 1.54) is 11.3 Å². The minimum atomic E-state index is -0.508. The van der Waals surface area contributed by atoms with E-state index >= 15 is 0 Å². The second-order valence-electron chi connectivity index (χ2n) is 11.1. The number of ether oxygens (including phenoxy) is 1. The van der Waals surface area contributed by atoms with E-state index < -0.39 is 5.41 Å². The average molecular weight is 511 g/mol. The Kier molecular flexibility index (Phi) is 8.29. The maximum atomic E-state index is 13.4. The van der Waals surface area contributed by atoms with E-state index in [9.17, 15) is 9.59 Å². The van der Waals surface area contributed by atoms with Gasteiger partial charge in [0.05, 0.1) is 22.1 Å². The molecule has 1 heterocycles. The number of piperidine rings is 1. The van der Waals surface area contributed by atoms with Crippen LogP contribution in [0.5, 0.6) is 5.75 Å². The molecule has 1 aliphatic carbocycles. The molecule has 0 bridgehead atoms. The molecule has 0 radical (unpaired) electrons. The fourth-order valence-corrected chi connectivity index (χ4v) is 6.09. The lowest BCUT2D eigenvalue weighted by atomic mass is 9.74. The normalized spacial score (nSPS) is 21.2. The van der Waals surface area contributed by atoms with Crippen LogP contribution in [0.15, 0.2) is 48.5 Å². The number of rotatable bonds is 6. The Hall–Kier alpha value is -2.53. The van der Waals surface area contributed by atoms with Crippen molar-refractivity contribution >= 4 is 23.4 Å². The quantitative estimate of drug-likeness (QED) is 0.465. The summed E-state index contributed by atoms with van der Waals surface area (Å²) in [6, 6.07) is 15.5. The van der Waals surface area contributed by atoms with Crippen molar-refractivity contribution in [2.24, 2.45) is 11.8 Å². The van der Waals surface area contributed by atoms with Gasteiger partial charge in [-0.25, -0.2) is 0 Å². The summed E-state index contributed by atoms with van der Waals surface area (Å²) in [5.74, 6) is 2.09. The minimum Gasteiger partial charge on any atom is -0.490 e. The van der Waals surface area contributed by atoms with E-state index in [0.717, 1.165) is 56.5 Å². The molecule has 2 aromatic rings. The zero-order chi connectivity index (χ0) is 25.9. The first kappa shape index (κ1) is 26.5. The molecule has 0 aromatic heterocycles. The second kappa shape index (κ2) is 11.2. The largest absolute Gasteiger partial charge is 0.490 e. The van der Waals surface area contributed by atoms with Gasteiger partial charge in [-0.15, -0.1) is 0 Å². The van der Waals surface area contributed by atoms with Crippen molar-refractivity contribution in [2.75, 3.05) is 27.2 Å². The first-order valence-corrected chi connectivity index (χ1v) is 13.6. The number of hydrogen-bond donors (Lipinski definition) is 0. The van der Waals surface area contributed by atoms with Gasteiger partial charge >= 0.3 is 0 Å². The predicted octanol–water partition coefficient (Wildman–Crippen LogP) is 6.20. The Bertz CT molecular complexity index is 1060. The Morgan fingerprint density at radius 1 is 0.972 bits per heavy atom. The maximum absolute atomic E-state index is 13.4. The predicted molar refractivity (Wildman–Crippen MR) is 145 cm³/mol. The zero-order valence-electron chi connectivity index (χ0n) is 22.0. The molecule has 1 saturated carbocycles. The molecule has 1 saturated heterocycles. The van der Waals surface area contributed by atoms with Crippen molar-refractivity contribution < 1.29 is 14.3 Å². The molecule has 0 unspecified atom stereocenters. The molecule has 2 atom stereocenters. The lowest BCUT2D eigenvalue weighted by Gasteiger charge is -2.41. The van der Waals surface area contributed by atoms with Crippen LogP contribution in [0.25, 0.3) is 0 Å². The maximum Gasteiger partial charge on any atom is 0.254 e. The molecule has 5 nitrogen and oxygen atoms in total. The molecule has 2 aliphatic rings. The average Bonchev–Trinajstić information content (AvgIpc) is 2.88. The molecule has 0 N–H and O–H groups in total. The first-order valence-electron chi connectivity index (χ1n) is 13.2. The van der Waals surface area contributed by atoms with E-state index in [4.69, 9.17) is 16.3 Å². The van der Waals surface area contributed by atoms with Crippen LogP contribution in [0.3, 0.4) is 0 Å². The second-order valence-corrected chi connectivity index (χ2v) is 11.5. The third-order valence-corrected chi connectivity index (χ3v) is 8.38. The van der Waals surface area contributed by atoms with Gasteiger partial charge in [0.2, 0.25) is 5.91 Å². The van der Waals surface area contributed by atoms with Crippen LogP contribution >= 0.6 is 11.6 Å². The van der Waals surface area contributed by atoms with Crippen LogP contribution < -0.4 is 4.74 Å². The highest BCUT2D eigenvalue weighted by Crippen LogP contribution is 2.38. The van der Waals surface area contributed by atoms with Gasteiger partial charge in [0, 0.05) is 27.2 Å². The fraction of sp³-hybridized carbons (Fsp3) is 0.533. The van der Waals surface area contributed by atoms with Crippen LogP contribution in [0.1, 0.15) is 68.3 Å². The van der Waals surface area contributed by atoms with Gasteiger partial charge < -0.3 is 14.5 Å². The number of carbonyl (C=O) groups excluding carboxylic acids is 2. The Morgan fingerprint density at radius 2 is 1.67 bits per heavy atom. The lowest BCUT2D eigenvalue weighted by molar-refractivity contribution is -0.138. The Morgan fingerprint density at radius 3 is 2.31 bits per heavy atom. The number of amides is 2. The van der Waals surface area contributed by atoms with Crippen LogP contribution in [-0.2, 0) is 10.2 Å². The number of nitrogens with zero attached hydrogens (tertiary/aromatic N) is 2. The fourth-order valence-electron chi connectivity index (χ4n) is 5.84. The summed E-state index contributed by atoms with van der Waals surface area (Å²) in [4.78, 5) is 29.2. The highest BCUT2D eigenvalue weighted by Gasteiger charge is 2.37. The number of halogens is 1. The van der Waals surface area contributed by atoms with Gasteiger partial charge in [0.15, 0.2) is 0 Å². The summed E-state index contributed by atoms with van der Waals surface area (Å²) in [5, 5.41) is 0.425. The molecule has 4 rings (SSSR count). The standard InChI is InChI=1S/C30H39ClN2O3/c1-30(2,23-10-6-5-7-11-23)29(35)33-17-15-21(16-18-33)22-9-8-12-24(19-22)36-25-13-14-26(27(31)20-25)28(34)32(3)4/h5-7,10-11,13-14,20-22,24H,8-9,12,15-19H2,1-4H3/t22-,24-/m0/s1. The van der Waals surface area contributed by atoms with Crippen molar-refractivity contribution in [2.45, 2.75) is 63.9 Å². The highest BCUT2D eigenvalue weighted by atomic mass is 35.5. The SMILES string of the molecule is CN(C)C(=O)c1ccc(O[C@H]2CCC[C@H](C3CCN(C(=O)C(C)(C)c4ccccc4)CC3)C2)cc1Cl. The molecule has 2 fully saturated rings. The summed E-state index contributed by atoms with van der Waals surface area (Å²) in [6.45, 7) is 5.74. The van der Waals surface area contributed by atoms with Crippen molar-refractivity contribution in [1.82, 2.24) is 9.80 Å². The summed E-state index contributed by atoms with van der Waals surface area (Å²) in [5.41, 5.74) is 1.06. The van der Waals surface area contributed by atoms with E-state index in [2.05, 4.69) is 4.90 Å². The Labute approximate surface area is 220 Å². The molecule has 1 aliphatic heterocycles. The summed E-state index contributed by atoms with van der Waals surface area (Å²) in [6.07, 6.45) is 6.72. The number of hydrogen-bond acceptors (Lipinski definition) is 3. The number of carbonyl (C=O) groups is 2. The van der Waals surface area contributed by atoms with Gasteiger partial charge in [-0.05, 0) is 88.0 Å². The summed E-state index contributed by atoms with van der Waals surface area (Å²) >= 11 is 6.39. The van der Waals surface area contributed by atoms with Gasteiger partial charge in [-0.2, -0.15) is 0 Å². The third-order valence-electron chi connectivity index (χ3n) is 8.07. The highest BCUT2D eigenvalue weighted by molar-refractivity contribution is 6.34. The number of likely N-dealkylation sites (tertiary alicyclic amines) is 1. The van der Waals surface area contributed by atoms with Crippen molar-refractivity contribution in [3.63, 3.8) is 0 Å². The Balaban J connectivity index is 1.31. The number of benzene rings is 2. The topological polar surface area (TPSA) is 49.9 Å². The van der Waals surface area contributed by atoms with E-state index in [0.29, 0.717) is 22.4 Å².